The van der Waals surface area contributed by atoms with Crippen molar-refractivity contribution in [2.24, 2.45) is 0 Å². The van der Waals surface area contributed by atoms with Crippen LogP contribution in [-0.2, 0) is 0 Å². The molecule has 0 saturated carbocycles. The minimum absolute atomic E-state index is 0.239. The largest absolute Gasteiger partial charge is 0.368 e. The van der Waals surface area contributed by atoms with Crippen LogP contribution in [0.25, 0.3) is 0 Å². The van der Waals surface area contributed by atoms with Gasteiger partial charge in [-0.1, -0.05) is 23.4 Å². The fourth-order valence-corrected chi connectivity index (χ4v) is 3.10. The maximum atomic E-state index is 6.37. The zero-order valence-electron chi connectivity index (χ0n) is 12.3. The highest BCUT2D eigenvalue weighted by Crippen LogP contribution is 2.35. The smallest absolute Gasteiger partial charge is 0.222 e. The highest BCUT2D eigenvalue weighted by Gasteiger charge is 2.06. The summed E-state index contributed by atoms with van der Waals surface area (Å²) in [6.45, 7) is 1.87. The topological polar surface area (TPSA) is 76.7 Å². The number of nitrogens with zero attached hydrogens (tertiary/aromatic N) is 3. The first-order valence-electron chi connectivity index (χ1n) is 6.86. The van der Waals surface area contributed by atoms with E-state index in [0.29, 0.717) is 10.8 Å². The first kappa shape index (κ1) is 15.6. The van der Waals surface area contributed by atoms with Gasteiger partial charge in [-0.05, 0) is 37.3 Å². The molecule has 0 aliphatic heterocycles. The molecule has 2 heterocycles. The molecule has 0 atom stereocenters. The Labute approximate surface area is 143 Å². The Kier molecular flexibility index (Phi) is 4.64. The van der Waals surface area contributed by atoms with Crippen LogP contribution in [0.15, 0.2) is 58.6 Å². The van der Waals surface area contributed by atoms with Gasteiger partial charge in [0.25, 0.3) is 0 Å². The molecule has 3 rings (SSSR count). The van der Waals surface area contributed by atoms with Crippen LogP contribution in [-0.4, -0.2) is 15.0 Å². The molecule has 3 aromatic rings. The van der Waals surface area contributed by atoms with Crippen molar-refractivity contribution >= 4 is 40.8 Å². The average Bonchev–Trinajstić information content (AvgIpc) is 2.50. The van der Waals surface area contributed by atoms with Gasteiger partial charge in [-0.2, -0.15) is 4.98 Å². The molecule has 2 aromatic heterocycles. The molecular weight excluding hydrogens is 330 g/mol. The summed E-state index contributed by atoms with van der Waals surface area (Å²) >= 11 is 7.96. The highest BCUT2D eigenvalue weighted by molar-refractivity contribution is 7.99. The fourth-order valence-electron chi connectivity index (χ4n) is 2.00. The van der Waals surface area contributed by atoms with E-state index in [2.05, 4.69) is 20.3 Å². The van der Waals surface area contributed by atoms with Crippen molar-refractivity contribution < 1.29 is 0 Å². The Morgan fingerprint density at radius 3 is 2.57 bits per heavy atom. The van der Waals surface area contributed by atoms with E-state index in [1.165, 1.54) is 0 Å². The summed E-state index contributed by atoms with van der Waals surface area (Å²) in [5.41, 5.74) is 7.30. The van der Waals surface area contributed by atoms with Gasteiger partial charge in [-0.25, -0.2) is 4.98 Å². The van der Waals surface area contributed by atoms with Crippen molar-refractivity contribution in [2.75, 3.05) is 11.1 Å². The molecule has 23 heavy (non-hydrogen) atoms. The second-order valence-corrected chi connectivity index (χ2v) is 6.33. The van der Waals surface area contributed by atoms with Crippen LogP contribution in [0.5, 0.6) is 0 Å². The SMILES string of the molecule is Cc1cc(Nc2ccc(Sc3ccncc3)c(Cl)c2)nc(N)n1. The van der Waals surface area contributed by atoms with E-state index in [1.807, 2.05) is 43.3 Å². The van der Waals surface area contributed by atoms with E-state index in [-0.39, 0.29) is 5.95 Å². The van der Waals surface area contributed by atoms with Crippen LogP contribution < -0.4 is 11.1 Å². The highest BCUT2D eigenvalue weighted by atomic mass is 35.5. The molecule has 7 heteroatoms. The van der Waals surface area contributed by atoms with Crippen molar-refractivity contribution in [3.05, 3.63) is 59.5 Å². The molecule has 0 amide bonds. The van der Waals surface area contributed by atoms with E-state index in [4.69, 9.17) is 17.3 Å². The van der Waals surface area contributed by atoms with Crippen LogP contribution >= 0.6 is 23.4 Å². The minimum Gasteiger partial charge on any atom is -0.368 e. The third-order valence-corrected chi connectivity index (χ3v) is 4.46. The van der Waals surface area contributed by atoms with Crippen LogP contribution in [0.4, 0.5) is 17.5 Å². The predicted molar refractivity (Wildman–Crippen MR) is 94.3 cm³/mol. The number of hydrogen-bond acceptors (Lipinski definition) is 6. The molecule has 3 N–H and O–H groups in total. The molecule has 0 bridgehead atoms. The second kappa shape index (κ2) is 6.85. The number of anilines is 3. The number of hydrogen-bond donors (Lipinski definition) is 2. The van der Waals surface area contributed by atoms with E-state index in [9.17, 15) is 0 Å². The van der Waals surface area contributed by atoms with Crippen LogP contribution in [0.2, 0.25) is 5.02 Å². The number of benzene rings is 1. The van der Waals surface area contributed by atoms with Crippen LogP contribution in [0.1, 0.15) is 5.69 Å². The van der Waals surface area contributed by atoms with Crippen molar-refractivity contribution in [1.29, 1.82) is 0 Å². The minimum atomic E-state index is 0.239. The van der Waals surface area contributed by atoms with Crippen LogP contribution in [0.3, 0.4) is 0 Å². The molecule has 0 unspecified atom stereocenters. The molecule has 5 nitrogen and oxygen atoms in total. The van der Waals surface area contributed by atoms with Crippen molar-refractivity contribution in [3.8, 4) is 0 Å². The number of pyridine rings is 1. The number of nitrogens with two attached hydrogens (primary N) is 1. The third kappa shape index (κ3) is 4.12. The summed E-state index contributed by atoms with van der Waals surface area (Å²) in [4.78, 5) is 14.3. The fraction of sp³-hybridized carbons (Fsp3) is 0.0625. The number of aryl methyl sites for hydroxylation is 1. The zero-order chi connectivity index (χ0) is 16.2. The van der Waals surface area contributed by atoms with Crippen molar-refractivity contribution in [2.45, 2.75) is 16.7 Å². The summed E-state index contributed by atoms with van der Waals surface area (Å²) in [7, 11) is 0. The maximum absolute atomic E-state index is 6.37. The molecule has 0 fully saturated rings. The summed E-state index contributed by atoms with van der Waals surface area (Å²) in [6.07, 6.45) is 3.52. The third-order valence-electron chi connectivity index (χ3n) is 2.95. The van der Waals surface area contributed by atoms with Gasteiger partial charge < -0.3 is 11.1 Å². The summed E-state index contributed by atoms with van der Waals surface area (Å²) in [5, 5.41) is 3.85. The Hall–Kier alpha value is -2.31. The number of rotatable bonds is 4. The normalized spacial score (nSPS) is 10.5. The average molecular weight is 344 g/mol. The van der Waals surface area contributed by atoms with Gasteiger partial charge in [0.1, 0.15) is 5.82 Å². The summed E-state index contributed by atoms with van der Waals surface area (Å²) < 4.78 is 0. The predicted octanol–water partition coefficient (Wildman–Crippen LogP) is 4.31. The monoisotopic (exact) mass is 343 g/mol. The molecule has 116 valence electrons. The van der Waals surface area contributed by atoms with E-state index >= 15 is 0 Å². The van der Waals surface area contributed by atoms with Gasteiger partial charge in [-0.3, -0.25) is 4.98 Å². The molecule has 0 spiro atoms. The lowest BCUT2D eigenvalue weighted by Gasteiger charge is -2.09. The molecule has 1 aromatic carbocycles. The Bertz CT molecular complexity index is 806. The van der Waals surface area contributed by atoms with Gasteiger partial charge in [0, 0.05) is 39.6 Å². The van der Waals surface area contributed by atoms with E-state index < -0.39 is 0 Å². The molecule has 0 aliphatic rings. The second-order valence-electron chi connectivity index (χ2n) is 4.81. The van der Waals surface area contributed by atoms with E-state index in [1.54, 1.807) is 24.2 Å². The Balaban J connectivity index is 1.79. The maximum Gasteiger partial charge on any atom is 0.222 e. The van der Waals surface area contributed by atoms with Gasteiger partial charge in [0.05, 0.1) is 5.02 Å². The van der Waals surface area contributed by atoms with Gasteiger partial charge in [-0.15, -0.1) is 0 Å². The Morgan fingerprint density at radius 2 is 1.87 bits per heavy atom. The number of nitrogen functional groups attached to an aromatic ring is 1. The number of halogens is 1. The standard InChI is InChI=1S/C16H14ClN5S/c1-10-8-15(22-16(18)20-10)21-11-2-3-14(13(17)9-11)23-12-4-6-19-7-5-12/h2-9H,1H3,(H3,18,20,21,22). The van der Waals surface area contributed by atoms with Crippen LogP contribution in [0, 0.1) is 6.92 Å². The molecule has 0 saturated heterocycles. The summed E-state index contributed by atoms with van der Waals surface area (Å²) in [6, 6.07) is 11.5. The quantitative estimate of drug-likeness (QED) is 0.735. The summed E-state index contributed by atoms with van der Waals surface area (Å²) in [5.74, 6) is 0.879. The number of nitrogens with one attached hydrogen (secondary N) is 1. The first-order chi connectivity index (χ1) is 11.1. The lowest BCUT2D eigenvalue weighted by Crippen LogP contribution is -2.01. The Morgan fingerprint density at radius 1 is 1.09 bits per heavy atom. The van der Waals surface area contributed by atoms with E-state index in [0.717, 1.165) is 21.2 Å². The first-order valence-corrected chi connectivity index (χ1v) is 8.05. The lowest BCUT2D eigenvalue weighted by molar-refractivity contribution is 1.12. The van der Waals surface area contributed by atoms with Crippen molar-refractivity contribution in [3.63, 3.8) is 0 Å². The molecule has 0 radical (unpaired) electrons. The molecular formula is C16H14ClN5S. The number of aromatic nitrogens is 3. The van der Waals surface area contributed by atoms with Gasteiger partial charge in [0.15, 0.2) is 0 Å². The van der Waals surface area contributed by atoms with Crippen molar-refractivity contribution in [1.82, 2.24) is 15.0 Å². The van der Waals surface area contributed by atoms with Gasteiger partial charge in [0.2, 0.25) is 5.95 Å². The lowest BCUT2D eigenvalue weighted by atomic mass is 10.3. The molecule has 0 aliphatic carbocycles. The zero-order valence-corrected chi connectivity index (χ0v) is 13.9. The van der Waals surface area contributed by atoms with Gasteiger partial charge >= 0.3 is 0 Å².